The van der Waals surface area contributed by atoms with Crippen LogP contribution in [0.1, 0.15) is 12.5 Å². The molecule has 112 valence electrons. The lowest BCUT2D eigenvalue weighted by Gasteiger charge is -2.13. The molecule has 21 heavy (non-hydrogen) atoms. The van der Waals surface area contributed by atoms with Crippen molar-refractivity contribution < 1.29 is 13.2 Å². The summed E-state index contributed by atoms with van der Waals surface area (Å²) in [6.45, 7) is 4.16. The number of anilines is 2. The summed E-state index contributed by atoms with van der Waals surface area (Å²) >= 11 is 0. The fourth-order valence-corrected chi connectivity index (χ4v) is 3.45. The summed E-state index contributed by atoms with van der Waals surface area (Å²) in [5.41, 5.74) is 7.08. The molecule has 0 aromatic heterocycles. The second-order valence-corrected chi connectivity index (χ2v) is 6.18. The molecule has 0 heterocycles. The minimum atomic E-state index is -3.72. The Morgan fingerprint density at radius 3 is 2.38 bits per heavy atom. The van der Waals surface area contributed by atoms with Crippen LogP contribution < -0.4 is 15.2 Å². The van der Waals surface area contributed by atoms with Gasteiger partial charge in [-0.05, 0) is 49.7 Å². The van der Waals surface area contributed by atoms with Crippen LogP contribution in [0.3, 0.4) is 0 Å². The van der Waals surface area contributed by atoms with Gasteiger partial charge in [0.15, 0.2) is 0 Å². The third-order valence-electron chi connectivity index (χ3n) is 2.93. The van der Waals surface area contributed by atoms with Crippen LogP contribution >= 0.6 is 0 Å². The highest BCUT2D eigenvalue weighted by atomic mass is 32.2. The second kappa shape index (κ2) is 6.05. The smallest absolute Gasteiger partial charge is 0.264 e. The monoisotopic (exact) mass is 306 g/mol. The van der Waals surface area contributed by atoms with E-state index in [4.69, 9.17) is 10.5 Å². The maximum atomic E-state index is 12.4. The third kappa shape index (κ3) is 3.46. The van der Waals surface area contributed by atoms with Crippen LogP contribution in [0.2, 0.25) is 0 Å². The van der Waals surface area contributed by atoms with E-state index in [1.165, 1.54) is 0 Å². The van der Waals surface area contributed by atoms with Crippen molar-refractivity contribution in [3.05, 3.63) is 48.0 Å². The van der Waals surface area contributed by atoms with E-state index in [1.54, 1.807) is 49.4 Å². The van der Waals surface area contributed by atoms with Gasteiger partial charge in [0.2, 0.25) is 0 Å². The van der Waals surface area contributed by atoms with Gasteiger partial charge in [-0.3, -0.25) is 4.72 Å². The molecule has 0 radical (unpaired) electrons. The number of nitrogens with two attached hydrogens (primary N) is 1. The number of benzene rings is 2. The number of rotatable bonds is 5. The van der Waals surface area contributed by atoms with Gasteiger partial charge in [0.25, 0.3) is 10.0 Å². The topological polar surface area (TPSA) is 81.4 Å². The Kier molecular flexibility index (Phi) is 4.37. The summed E-state index contributed by atoms with van der Waals surface area (Å²) in [5.74, 6) is 0.691. The SMILES string of the molecule is CCOc1ccc(NS(=O)(=O)c2c(C)cccc2N)cc1. The molecule has 0 spiro atoms. The lowest BCUT2D eigenvalue weighted by atomic mass is 10.2. The fourth-order valence-electron chi connectivity index (χ4n) is 2.03. The van der Waals surface area contributed by atoms with Crippen LogP contribution in [0, 0.1) is 6.92 Å². The van der Waals surface area contributed by atoms with E-state index in [9.17, 15) is 8.42 Å². The quantitative estimate of drug-likeness (QED) is 0.832. The summed E-state index contributed by atoms with van der Waals surface area (Å²) in [6.07, 6.45) is 0. The molecule has 2 aromatic carbocycles. The maximum absolute atomic E-state index is 12.4. The van der Waals surface area contributed by atoms with Gasteiger partial charge in [0.05, 0.1) is 12.3 Å². The average molecular weight is 306 g/mol. The zero-order chi connectivity index (χ0) is 15.5. The van der Waals surface area contributed by atoms with Crippen LogP contribution in [0.15, 0.2) is 47.4 Å². The summed E-state index contributed by atoms with van der Waals surface area (Å²) in [4.78, 5) is 0.110. The number of nitrogens with one attached hydrogen (secondary N) is 1. The van der Waals surface area contributed by atoms with Crippen molar-refractivity contribution in [2.45, 2.75) is 18.7 Å². The van der Waals surface area contributed by atoms with Crippen molar-refractivity contribution in [3.8, 4) is 5.75 Å². The highest BCUT2D eigenvalue weighted by Gasteiger charge is 2.19. The van der Waals surface area contributed by atoms with Gasteiger partial charge in [0, 0.05) is 5.69 Å². The molecule has 2 aromatic rings. The number of hydrogen-bond donors (Lipinski definition) is 2. The van der Waals surface area contributed by atoms with E-state index in [1.807, 2.05) is 6.92 Å². The van der Waals surface area contributed by atoms with Crippen molar-refractivity contribution in [2.24, 2.45) is 0 Å². The Morgan fingerprint density at radius 2 is 1.81 bits per heavy atom. The summed E-state index contributed by atoms with van der Waals surface area (Å²) in [6, 6.07) is 11.7. The summed E-state index contributed by atoms with van der Waals surface area (Å²) in [7, 11) is -3.72. The van der Waals surface area contributed by atoms with Crippen molar-refractivity contribution in [1.29, 1.82) is 0 Å². The molecule has 0 saturated heterocycles. The highest BCUT2D eigenvalue weighted by Crippen LogP contribution is 2.25. The van der Waals surface area contributed by atoms with Gasteiger partial charge < -0.3 is 10.5 Å². The predicted molar refractivity (Wildman–Crippen MR) is 84.0 cm³/mol. The minimum absolute atomic E-state index is 0.110. The van der Waals surface area contributed by atoms with Crippen LogP contribution in [0.5, 0.6) is 5.75 Å². The zero-order valence-electron chi connectivity index (χ0n) is 12.0. The zero-order valence-corrected chi connectivity index (χ0v) is 12.8. The first-order chi connectivity index (χ1) is 9.94. The molecule has 0 aliphatic carbocycles. The summed E-state index contributed by atoms with van der Waals surface area (Å²) < 4.78 is 32.7. The minimum Gasteiger partial charge on any atom is -0.494 e. The fraction of sp³-hybridized carbons (Fsp3) is 0.200. The largest absolute Gasteiger partial charge is 0.494 e. The van der Waals surface area contributed by atoms with Crippen LogP contribution in [0.25, 0.3) is 0 Å². The Labute approximate surface area is 124 Å². The van der Waals surface area contributed by atoms with Gasteiger partial charge in [-0.15, -0.1) is 0 Å². The molecule has 0 fully saturated rings. The maximum Gasteiger partial charge on any atom is 0.264 e. The van der Waals surface area contributed by atoms with Crippen LogP contribution in [-0.4, -0.2) is 15.0 Å². The van der Waals surface area contributed by atoms with E-state index >= 15 is 0 Å². The first-order valence-corrected chi connectivity index (χ1v) is 8.03. The van der Waals surface area contributed by atoms with Crippen molar-refractivity contribution in [1.82, 2.24) is 0 Å². The molecule has 6 heteroatoms. The Balaban J connectivity index is 2.29. The molecule has 0 saturated carbocycles. The van der Waals surface area contributed by atoms with Crippen molar-refractivity contribution in [3.63, 3.8) is 0 Å². The van der Waals surface area contributed by atoms with Gasteiger partial charge in [-0.1, -0.05) is 12.1 Å². The number of aryl methyl sites for hydroxylation is 1. The summed E-state index contributed by atoms with van der Waals surface area (Å²) in [5, 5.41) is 0. The molecule has 0 amide bonds. The van der Waals surface area contributed by atoms with Gasteiger partial charge in [0.1, 0.15) is 10.6 Å². The molecule has 0 aliphatic heterocycles. The lowest BCUT2D eigenvalue weighted by molar-refractivity contribution is 0.340. The molecule has 2 rings (SSSR count). The van der Waals surface area contributed by atoms with Gasteiger partial charge in [-0.2, -0.15) is 0 Å². The number of sulfonamides is 1. The predicted octanol–water partition coefficient (Wildman–Crippen LogP) is 2.78. The number of hydrogen-bond acceptors (Lipinski definition) is 4. The highest BCUT2D eigenvalue weighted by molar-refractivity contribution is 7.93. The van der Waals surface area contributed by atoms with Gasteiger partial charge in [-0.25, -0.2) is 8.42 Å². The normalized spacial score (nSPS) is 11.1. The molecule has 0 atom stereocenters. The molecular formula is C15H18N2O3S. The van der Waals surface area contributed by atoms with Crippen LogP contribution in [-0.2, 0) is 10.0 Å². The first kappa shape index (κ1) is 15.2. The molecule has 0 unspecified atom stereocenters. The van der Waals surface area contributed by atoms with Crippen molar-refractivity contribution in [2.75, 3.05) is 17.1 Å². The number of nitrogen functional groups attached to an aromatic ring is 1. The molecule has 0 aliphatic rings. The Bertz CT molecular complexity index is 705. The van der Waals surface area contributed by atoms with E-state index in [0.29, 0.717) is 23.6 Å². The van der Waals surface area contributed by atoms with E-state index in [-0.39, 0.29) is 10.6 Å². The van der Waals surface area contributed by atoms with E-state index < -0.39 is 10.0 Å². The third-order valence-corrected chi connectivity index (χ3v) is 4.53. The van der Waals surface area contributed by atoms with Gasteiger partial charge >= 0.3 is 0 Å². The molecule has 3 N–H and O–H groups in total. The number of ether oxygens (including phenoxy) is 1. The first-order valence-electron chi connectivity index (χ1n) is 6.55. The molecular weight excluding hydrogens is 288 g/mol. The van der Waals surface area contributed by atoms with E-state index in [2.05, 4.69) is 4.72 Å². The average Bonchev–Trinajstić information content (AvgIpc) is 2.40. The van der Waals surface area contributed by atoms with E-state index in [0.717, 1.165) is 0 Å². The second-order valence-electron chi connectivity index (χ2n) is 4.56. The molecule has 5 nitrogen and oxygen atoms in total. The van der Waals surface area contributed by atoms with Crippen molar-refractivity contribution >= 4 is 21.4 Å². The Hall–Kier alpha value is -2.21. The van der Waals surface area contributed by atoms with Crippen LogP contribution in [0.4, 0.5) is 11.4 Å². The standard InChI is InChI=1S/C15H18N2O3S/c1-3-20-13-9-7-12(8-10-13)17-21(18,19)15-11(2)5-4-6-14(15)16/h4-10,17H,3,16H2,1-2H3. The molecule has 0 bridgehead atoms. The lowest BCUT2D eigenvalue weighted by Crippen LogP contribution is -2.16. The Morgan fingerprint density at radius 1 is 1.14 bits per heavy atom.